The molecule has 0 saturated heterocycles. The molecule has 0 atom stereocenters. The Labute approximate surface area is 163 Å². The van der Waals surface area contributed by atoms with E-state index in [0.29, 0.717) is 30.1 Å². The Morgan fingerprint density at radius 2 is 1.86 bits per heavy atom. The van der Waals surface area contributed by atoms with E-state index in [1.807, 2.05) is 0 Å². The minimum Gasteiger partial charge on any atom is -0.325 e. The maximum absolute atomic E-state index is 13.2. The third-order valence-electron chi connectivity index (χ3n) is 4.66. The molecule has 8 heteroatoms. The summed E-state index contributed by atoms with van der Waals surface area (Å²) in [5, 5.41) is 2.75. The van der Waals surface area contributed by atoms with Gasteiger partial charge in [0.15, 0.2) is 0 Å². The molecule has 6 nitrogen and oxygen atoms in total. The molecule has 0 spiro atoms. The molecule has 3 rings (SSSR count). The van der Waals surface area contributed by atoms with Crippen LogP contribution in [0.15, 0.2) is 58.4 Å². The van der Waals surface area contributed by atoms with Gasteiger partial charge in [-0.1, -0.05) is 18.2 Å². The number of hydrogen-bond acceptors (Lipinski definition) is 4. The third kappa shape index (κ3) is 4.39. The summed E-state index contributed by atoms with van der Waals surface area (Å²) in [5.41, 5.74) is 0.0758. The van der Waals surface area contributed by atoms with E-state index in [0.717, 1.165) is 6.42 Å². The molecule has 2 N–H and O–H groups in total. The lowest BCUT2D eigenvalue weighted by atomic mass is 9.83. The van der Waals surface area contributed by atoms with Crippen LogP contribution in [0.4, 0.5) is 10.1 Å². The van der Waals surface area contributed by atoms with Gasteiger partial charge in [-0.2, -0.15) is 0 Å². The van der Waals surface area contributed by atoms with Gasteiger partial charge in [0.2, 0.25) is 5.91 Å². The van der Waals surface area contributed by atoms with Gasteiger partial charge in [-0.05, 0) is 56.2 Å². The van der Waals surface area contributed by atoms with Crippen molar-refractivity contribution in [2.45, 2.75) is 37.0 Å². The minimum atomic E-state index is -3.77. The van der Waals surface area contributed by atoms with Crippen molar-refractivity contribution in [1.82, 2.24) is 4.72 Å². The van der Waals surface area contributed by atoms with Gasteiger partial charge < -0.3 is 5.32 Å². The Morgan fingerprint density at radius 1 is 1.14 bits per heavy atom. The van der Waals surface area contributed by atoms with Crippen molar-refractivity contribution in [3.63, 3.8) is 0 Å². The van der Waals surface area contributed by atoms with Crippen LogP contribution in [0.2, 0.25) is 0 Å². The Kier molecular flexibility index (Phi) is 5.51. The number of amides is 1. The highest BCUT2D eigenvalue weighted by Crippen LogP contribution is 2.26. The lowest BCUT2D eigenvalue weighted by Crippen LogP contribution is -2.35. The van der Waals surface area contributed by atoms with Gasteiger partial charge in [0.1, 0.15) is 11.7 Å². The zero-order chi connectivity index (χ0) is 20.4. The number of hydrogen-bond donors (Lipinski definition) is 2. The molecule has 0 aliphatic carbocycles. The minimum absolute atomic E-state index is 0.0412. The average molecular weight is 403 g/mol. The maximum atomic E-state index is 13.2. The molecule has 1 amide bonds. The van der Waals surface area contributed by atoms with Crippen LogP contribution in [0.3, 0.4) is 0 Å². The first-order valence-corrected chi connectivity index (χ1v) is 10.4. The Bertz CT molecular complexity index is 1020. The highest BCUT2D eigenvalue weighted by molar-refractivity contribution is 7.90. The second-order valence-corrected chi connectivity index (χ2v) is 8.83. The lowest BCUT2D eigenvalue weighted by Gasteiger charge is -2.24. The molecular weight excluding hydrogens is 381 g/mol. The van der Waals surface area contributed by atoms with E-state index < -0.39 is 15.4 Å². The van der Waals surface area contributed by atoms with Crippen LogP contribution in [-0.4, -0.2) is 26.7 Å². The topological polar surface area (TPSA) is 87.6 Å². The fraction of sp³-hybridized carbons (Fsp3) is 0.300. The molecule has 0 unspecified atom stereocenters. The van der Waals surface area contributed by atoms with E-state index in [4.69, 9.17) is 0 Å². The largest absolute Gasteiger partial charge is 0.325 e. The van der Waals surface area contributed by atoms with Crippen molar-refractivity contribution >= 4 is 27.5 Å². The first-order chi connectivity index (χ1) is 13.2. The van der Waals surface area contributed by atoms with Gasteiger partial charge in [0.25, 0.3) is 10.0 Å². The van der Waals surface area contributed by atoms with Crippen molar-refractivity contribution in [3.8, 4) is 0 Å². The van der Waals surface area contributed by atoms with E-state index in [2.05, 4.69) is 15.0 Å². The highest BCUT2D eigenvalue weighted by Gasteiger charge is 2.30. The molecule has 1 aliphatic rings. The van der Waals surface area contributed by atoms with Gasteiger partial charge in [0, 0.05) is 18.7 Å². The van der Waals surface area contributed by atoms with Gasteiger partial charge in [-0.3, -0.25) is 14.5 Å². The molecule has 2 aromatic carbocycles. The molecule has 2 aromatic rings. The second-order valence-electron chi connectivity index (χ2n) is 7.15. The Balaban J connectivity index is 1.78. The Hall–Kier alpha value is -2.74. The van der Waals surface area contributed by atoms with Gasteiger partial charge in [-0.25, -0.2) is 12.8 Å². The first-order valence-electron chi connectivity index (χ1n) is 8.92. The van der Waals surface area contributed by atoms with Crippen LogP contribution in [0, 0.1) is 5.82 Å². The van der Waals surface area contributed by atoms with Crippen LogP contribution >= 0.6 is 0 Å². The van der Waals surface area contributed by atoms with Crippen LogP contribution in [0.5, 0.6) is 0 Å². The number of amidine groups is 1. The van der Waals surface area contributed by atoms with E-state index in [1.165, 1.54) is 24.3 Å². The molecule has 0 bridgehead atoms. The summed E-state index contributed by atoms with van der Waals surface area (Å²) in [6.45, 7) is 4.05. The number of sulfonamides is 1. The molecule has 28 heavy (non-hydrogen) atoms. The van der Waals surface area contributed by atoms with Crippen LogP contribution in [0.1, 0.15) is 32.3 Å². The van der Waals surface area contributed by atoms with Gasteiger partial charge in [0.05, 0.1) is 10.3 Å². The number of rotatable bonds is 5. The summed E-state index contributed by atoms with van der Waals surface area (Å²) < 4.78 is 40.7. The fourth-order valence-electron chi connectivity index (χ4n) is 2.86. The van der Waals surface area contributed by atoms with Gasteiger partial charge in [-0.15, -0.1) is 0 Å². The summed E-state index contributed by atoms with van der Waals surface area (Å²) in [6, 6.07) is 11.7. The number of aliphatic imine (C=N–C) groups is 1. The summed E-state index contributed by atoms with van der Waals surface area (Å²) >= 11 is 0. The summed E-state index contributed by atoms with van der Waals surface area (Å²) in [6.07, 6.45) is 1.42. The normalized spacial score (nSPS) is 14.5. The van der Waals surface area contributed by atoms with Crippen molar-refractivity contribution in [2.24, 2.45) is 4.99 Å². The molecule has 0 fully saturated rings. The lowest BCUT2D eigenvalue weighted by molar-refractivity contribution is -0.120. The molecule has 148 valence electrons. The predicted octanol–water partition coefficient (Wildman–Crippen LogP) is 3.21. The Morgan fingerprint density at radius 3 is 2.50 bits per heavy atom. The second kappa shape index (κ2) is 7.71. The molecule has 0 aromatic heterocycles. The zero-order valence-corrected chi connectivity index (χ0v) is 16.5. The quantitative estimate of drug-likeness (QED) is 0.804. The molecule has 1 aliphatic heterocycles. The van der Waals surface area contributed by atoms with Crippen molar-refractivity contribution in [1.29, 1.82) is 0 Å². The van der Waals surface area contributed by atoms with Gasteiger partial charge >= 0.3 is 0 Å². The monoisotopic (exact) mass is 403 g/mol. The van der Waals surface area contributed by atoms with E-state index in [1.54, 1.807) is 38.1 Å². The molecular formula is C20H22FN3O3S. The highest BCUT2D eigenvalue weighted by atomic mass is 32.2. The molecule has 0 saturated carbocycles. The number of carbonyl (C=O) groups excluding carboxylic acids is 1. The van der Waals surface area contributed by atoms with Crippen LogP contribution in [0.25, 0.3) is 0 Å². The summed E-state index contributed by atoms with van der Waals surface area (Å²) in [4.78, 5) is 16.9. The summed E-state index contributed by atoms with van der Waals surface area (Å²) in [5.74, 6) is -0.258. The van der Waals surface area contributed by atoms with E-state index in [9.17, 15) is 17.6 Å². The van der Waals surface area contributed by atoms with Crippen LogP contribution < -0.4 is 10.0 Å². The number of benzene rings is 2. The van der Waals surface area contributed by atoms with E-state index >= 15 is 0 Å². The van der Waals surface area contributed by atoms with Crippen molar-refractivity contribution in [3.05, 3.63) is 59.9 Å². The molecule has 0 radical (unpaired) electrons. The first kappa shape index (κ1) is 20.0. The van der Waals surface area contributed by atoms with Crippen molar-refractivity contribution < 1.29 is 17.6 Å². The average Bonchev–Trinajstić information content (AvgIpc) is 3.14. The smallest absolute Gasteiger partial charge is 0.262 e. The number of halogens is 1. The number of anilines is 1. The number of carbonyl (C=O) groups is 1. The zero-order valence-electron chi connectivity index (χ0n) is 15.7. The third-order valence-corrected chi connectivity index (χ3v) is 6.04. The summed E-state index contributed by atoms with van der Waals surface area (Å²) in [7, 11) is -3.77. The number of nitrogens with one attached hydrogen (secondary N) is 2. The maximum Gasteiger partial charge on any atom is 0.262 e. The van der Waals surface area contributed by atoms with Crippen LogP contribution in [-0.2, 0) is 20.2 Å². The SMILES string of the molecule is CC(C)(C(=O)Nc1cccc(S(=O)(=O)NC2=NCCC2)c1)c1ccc(F)cc1. The fourth-order valence-corrected chi connectivity index (χ4v) is 4.00. The predicted molar refractivity (Wildman–Crippen MR) is 106 cm³/mol. The van der Waals surface area contributed by atoms with Crippen molar-refractivity contribution in [2.75, 3.05) is 11.9 Å². The number of nitrogens with zero attached hydrogens (tertiary/aromatic N) is 1. The standard InChI is InChI=1S/C20H22FN3O3S/c1-20(2,14-8-10-15(21)11-9-14)19(25)23-16-5-3-6-17(13-16)28(26,27)24-18-7-4-12-22-18/h3,5-6,8-11,13H,4,7,12H2,1-2H3,(H,22,24)(H,23,25). The molecule has 1 heterocycles. The van der Waals surface area contributed by atoms with E-state index in [-0.39, 0.29) is 16.6 Å².